The Labute approximate surface area is 123 Å². The average molecular weight is 367 g/mol. The van der Waals surface area contributed by atoms with E-state index in [4.69, 9.17) is 11.6 Å². The highest BCUT2D eigenvalue weighted by atomic mass is 127. The lowest BCUT2D eigenvalue weighted by Gasteiger charge is -2.10. The molecule has 0 saturated heterocycles. The van der Waals surface area contributed by atoms with Crippen LogP contribution in [0.4, 0.5) is 0 Å². The molecule has 4 heteroatoms. The van der Waals surface area contributed by atoms with E-state index in [1.807, 2.05) is 0 Å². The van der Waals surface area contributed by atoms with Crippen LogP contribution in [0.3, 0.4) is 0 Å². The van der Waals surface area contributed by atoms with Gasteiger partial charge in [0.1, 0.15) is 11.0 Å². The van der Waals surface area contributed by atoms with Gasteiger partial charge >= 0.3 is 0 Å². The second-order valence-electron chi connectivity index (χ2n) is 5.22. The number of nitrogens with zero attached hydrogens (tertiary/aromatic N) is 2. The van der Waals surface area contributed by atoms with E-state index in [-0.39, 0.29) is 0 Å². The first-order valence-electron chi connectivity index (χ1n) is 6.11. The Kier molecular flexibility index (Phi) is 6.13. The Morgan fingerprint density at radius 3 is 2.29 bits per heavy atom. The van der Waals surface area contributed by atoms with Crippen LogP contribution in [0.1, 0.15) is 45.6 Å². The van der Waals surface area contributed by atoms with Crippen LogP contribution >= 0.6 is 34.2 Å². The maximum atomic E-state index is 6.16. The van der Waals surface area contributed by atoms with Gasteiger partial charge in [-0.1, -0.05) is 39.3 Å². The smallest absolute Gasteiger partial charge is 0.146 e. The lowest BCUT2D eigenvalue weighted by molar-refractivity contribution is 0.569. The average Bonchev–Trinajstić information content (AvgIpc) is 2.21. The molecule has 2 nitrogen and oxygen atoms in total. The van der Waals surface area contributed by atoms with Crippen molar-refractivity contribution in [2.75, 3.05) is 0 Å². The maximum absolute atomic E-state index is 6.16. The van der Waals surface area contributed by atoms with Crippen LogP contribution in [-0.4, -0.2) is 9.97 Å². The number of hydrogen-bond acceptors (Lipinski definition) is 2. The number of rotatable bonds is 5. The molecule has 0 saturated carbocycles. The van der Waals surface area contributed by atoms with Crippen molar-refractivity contribution in [1.82, 2.24) is 9.97 Å². The van der Waals surface area contributed by atoms with Crippen LogP contribution in [0, 0.1) is 15.4 Å². The van der Waals surface area contributed by atoms with Crippen molar-refractivity contribution in [1.29, 1.82) is 0 Å². The van der Waals surface area contributed by atoms with Crippen LogP contribution in [-0.2, 0) is 12.8 Å². The van der Waals surface area contributed by atoms with Gasteiger partial charge in [0.05, 0.1) is 9.26 Å². The Morgan fingerprint density at radius 2 is 1.76 bits per heavy atom. The summed E-state index contributed by atoms with van der Waals surface area (Å²) in [6.07, 6.45) is 2.99. The molecule has 0 amide bonds. The summed E-state index contributed by atoms with van der Waals surface area (Å²) in [7, 11) is 0. The summed E-state index contributed by atoms with van der Waals surface area (Å²) in [4.78, 5) is 9.00. The zero-order valence-electron chi connectivity index (χ0n) is 10.9. The summed E-state index contributed by atoms with van der Waals surface area (Å²) in [5, 5.41) is 0.606. The molecule has 17 heavy (non-hydrogen) atoms. The first-order valence-corrected chi connectivity index (χ1v) is 7.56. The van der Waals surface area contributed by atoms with Crippen molar-refractivity contribution < 1.29 is 0 Å². The van der Waals surface area contributed by atoms with Gasteiger partial charge in [-0.05, 0) is 47.3 Å². The molecular formula is C13H20ClIN2. The van der Waals surface area contributed by atoms with Gasteiger partial charge in [-0.2, -0.15) is 0 Å². The Hall–Kier alpha value is 0.1000. The summed E-state index contributed by atoms with van der Waals surface area (Å²) < 4.78 is 1.01. The van der Waals surface area contributed by atoms with Crippen molar-refractivity contribution in [3.05, 3.63) is 20.2 Å². The molecule has 0 bridgehead atoms. The van der Waals surface area contributed by atoms with Gasteiger partial charge in [-0.25, -0.2) is 9.97 Å². The van der Waals surface area contributed by atoms with Gasteiger partial charge < -0.3 is 0 Å². The molecule has 0 spiro atoms. The molecule has 0 unspecified atom stereocenters. The minimum Gasteiger partial charge on any atom is -0.237 e. The van der Waals surface area contributed by atoms with Crippen molar-refractivity contribution in [3.8, 4) is 0 Å². The predicted molar refractivity (Wildman–Crippen MR) is 81.5 cm³/mol. The Morgan fingerprint density at radius 1 is 1.12 bits per heavy atom. The molecule has 0 radical (unpaired) electrons. The van der Waals surface area contributed by atoms with E-state index in [0.717, 1.165) is 34.4 Å². The number of aryl methyl sites for hydroxylation is 1. The third-order valence-electron chi connectivity index (χ3n) is 2.47. The van der Waals surface area contributed by atoms with E-state index in [2.05, 4.69) is 60.3 Å². The predicted octanol–water partition coefficient (Wildman–Crippen LogP) is 4.52. The van der Waals surface area contributed by atoms with Crippen LogP contribution in [0.5, 0.6) is 0 Å². The molecule has 96 valence electrons. The van der Waals surface area contributed by atoms with E-state index < -0.39 is 0 Å². The lowest BCUT2D eigenvalue weighted by Crippen LogP contribution is -2.07. The molecule has 1 rings (SSSR count). The molecule has 0 aliphatic heterocycles. The maximum Gasteiger partial charge on any atom is 0.146 e. The molecule has 0 N–H and O–H groups in total. The van der Waals surface area contributed by atoms with Crippen LogP contribution in [0.2, 0.25) is 5.15 Å². The fourth-order valence-electron chi connectivity index (χ4n) is 1.56. The van der Waals surface area contributed by atoms with Gasteiger partial charge in [-0.15, -0.1) is 0 Å². The highest BCUT2D eigenvalue weighted by molar-refractivity contribution is 14.1. The molecule has 1 heterocycles. The van der Waals surface area contributed by atoms with E-state index in [1.54, 1.807) is 0 Å². The van der Waals surface area contributed by atoms with Crippen LogP contribution in [0.15, 0.2) is 0 Å². The van der Waals surface area contributed by atoms with Crippen LogP contribution in [0.25, 0.3) is 0 Å². The molecule has 1 aromatic heterocycles. The topological polar surface area (TPSA) is 25.8 Å². The van der Waals surface area contributed by atoms with Crippen molar-refractivity contribution in [3.63, 3.8) is 0 Å². The fourth-order valence-corrected chi connectivity index (χ4v) is 2.23. The summed E-state index contributed by atoms with van der Waals surface area (Å²) in [6, 6.07) is 0. The standard InChI is InChI=1S/C13H20ClIN2/c1-8(2)5-6-11-16-10(7-9(3)4)12(15)13(14)17-11/h8-9H,5-7H2,1-4H3. The molecule has 0 aliphatic carbocycles. The van der Waals surface area contributed by atoms with E-state index in [9.17, 15) is 0 Å². The Bertz CT molecular complexity index is 378. The SMILES string of the molecule is CC(C)CCc1nc(Cl)c(I)c(CC(C)C)n1. The summed E-state index contributed by atoms with van der Waals surface area (Å²) >= 11 is 8.40. The highest BCUT2D eigenvalue weighted by Crippen LogP contribution is 2.22. The number of aromatic nitrogens is 2. The van der Waals surface area contributed by atoms with Crippen LogP contribution < -0.4 is 0 Å². The quantitative estimate of drug-likeness (QED) is 0.565. The van der Waals surface area contributed by atoms with Gasteiger partial charge in [0.25, 0.3) is 0 Å². The normalized spacial score (nSPS) is 11.5. The molecule has 0 atom stereocenters. The number of halogens is 2. The first-order chi connectivity index (χ1) is 7.90. The zero-order valence-corrected chi connectivity index (χ0v) is 13.8. The molecule has 0 fully saturated rings. The van der Waals surface area contributed by atoms with Gasteiger partial charge in [0, 0.05) is 6.42 Å². The highest BCUT2D eigenvalue weighted by Gasteiger charge is 2.12. The summed E-state index contributed by atoms with van der Waals surface area (Å²) in [5.74, 6) is 2.15. The van der Waals surface area contributed by atoms with E-state index >= 15 is 0 Å². The third-order valence-corrected chi connectivity index (χ3v) is 4.20. The lowest BCUT2D eigenvalue weighted by atomic mass is 10.1. The molecular weight excluding hydrogens is 347 g/mol. The van der Waals surface area contributed by atoms with E-state index in [0.29, 0.717) is 17.0 Å². The third kappa shape index (κ3) is 5.08. The largest absolute Gasteiger partial charge is 0.237 e. The minimum atomic E-state index is 0.590. The first kappa shape index (κ1) is 15.2. The second kappa shape index (κ2) is 6.88. The molecule has 1 aromatic rings. The monoisotopic (exact) mass is 366 g/mol. The van der Waals surface area contributed by atoms with Gasteiger partial charge in [0.15, 0.2) is 0 Å². The summed E-state index contributed by atoms with van der Waals surface area (Å²) in [6.45, 7) is 8.81. The van der Waals surface area contributed by atoms with Crippen molar-refractivity contribution >= 4 is 34.2 Å². The second-order valence-corrected chi connectivity index (χ2v) is 6.66. The molecule has 0 aliphatic rings. The van der Waals surface area contributed by atoms with Crippen molar-refractivity contribution in [2.24, 2.45) is 11.8 Å². The van der Waals surface area contributed by atoms with E-state index in [1.165, 1.54) is 0 Å². The van der Waals surface area contributed by atoms with Crippen molar-refractivity contribution in [2.45, 2.75) is 47.0 Å². The zero-order chi connectivity index (χ0) is 13.0. The van der Waals surface area contributed by atoms with Gasteiger partial charge in [-0.3, -0.25) is 0 Å². The van der Waals surface area contributed by atoms with Gasteiger partial charge in [0.2, 0.25) is 0 Å². The molecule has 0 aromatic carbocycles. The minimum absolute atomic E-state index is 0.590. The Balaban J connectivity index is 2.89. The number of hydrogen-bond donors (Lipinski definition) is 0. The fraction of sp³-hybridized carbons (Fsp3) is 0.692. The summed E-state index contributed by atoms with van der Waals surface area (Å²) in [5.41, 5.74) is 1.10.